The summed E-state index contributed by atoms with van der Waals surface area (Å²) in [5.74, 6) is -0.391. The Morgan fingerprint density at radius 2 is 0.918 bits per heavy atom. The molecule has 0 spiro atoms. The summed E-state index contributed by atoms with van der Waals surface area (Å²) in [4.78, 5) is 24.7. The number of nitrogens with zero attached hydrogens (tertiary/aromatic N) is 4. The molecule has 0 amide bonds. The molecule has 2 unspecified atom stereocenters. The highest BCUT2D eigenvalue weighted by Gasteiger charge is 2.25. The SMILES string of the molecule is Cc1cc(S(=O)(=O)O)c2nc(-c3nc4c(S(=O)(=O)O)cc(OS(=O)[O-])cc4[nH]3)[nH]c2c1.O=S([O-])Oc1ccc2nc(-c3nc4c(S(=O)(=O)O)cc(S(=O)(=O)O)cc4[nH]3)[nH]c2c1. The van der Waals surface area contributed by atoms with Crippen LogP contribution in [0.15, 0.2) is 74.2 Å². The highest BCUT2D eigenvalue weighted by Crippen LogP contribution is 2.33. The first-order valence-corrected chi connectivity index (χ1v) is 23.5. The van der Waals surface area contributed by atoms with Crippen LogP contribution in [0.4, 0.5) is 0 Å². The fourth-order valence-electron chi connectivity index (χ4n) is 5.78. The summed E-state index contributed by atoms with van der Waals surface area (Å²) in [6.45, 7) is 1.61. The highest BCUT2D eigenvalue weighted by atomic mass is 32.2. The molecule has 2 atom stereocenters. The summed E-state index contributed by atoms with van der Waals surface area (Å²) in [6.07, 6.45) is 0. The van der Waals surface area contributed by atoms with Crippen molar-refractivity contribution in [2.24, 2.45) is 0 Å². The van der Waals surface area contributed by atoms with E-state index in [9.17, 15) is 69.4 Å². The Morgan fingerprint density at radius 1 is 0.508 bits per heavy atom. The van der Waals surface area contributed by atoms with E-state index in [-0.39, 0.29) is 62.1 Å². The van der Waals surface area contributed by atoms with Crippen molar-refractivity contribution in [2.45, 2.75) is 26.5 Å². The van der Waals surface area contributed by atoms with Gasteiger partial charge in [0.05, 0.1) is 32.5 Å². The Hall–Kier alpha value is -5.78. The van der Waals surface area contributed by atoms with E-state index in [4.69, 9.17) is 0 Å². The molecule has 8 N–H and O–H groups in total. The zero-order valence-electron chi connectivity index (χ0n) is 29.4. The lowest BCUT2D eigenvalue weighted by Crippen LogP contribution is -2.04. The Morgan fingerprint density at radius 3 is 1.41 bits per heavy atom. The number of aromatic nitrogens is 8. The molecule has 0 saturated heterocycles. The topological polar surface area (TPSA) is 431 Å². The smallest absolute Gasteiger partial charge is 0.296 e. The maximum atomic E-state index is 11.7. The molecular formula is C29H20N8O18S6-2. The van der Waals surface area contributed by atoms with Gasteiger partial charge in [0.2, 0.25) is 0 Å². The first-order valence-electron chi connectivity index (χ1n) is 15.8. The van der Waals surface area contributed by atoms with Crippen LogP contribution in [0.1, 0.15) is 5.56 Å². The van der Waals surface area contributed by atoms with E-state index in [1.807, 2.05) is 0 Å². The van der Waals surface area contributed by atoms with Crippen LogP contribution in [-0.4, -0.2) is 109 Å². The number of nitrogens with one attached hydrogen (secondary N) is 4. The van der Waals surface area contributed by atoms with Gasteiger partial charge in [-0.05, 0) is 48.9 Å². The van der Waals surface area contributed by atoms with Crippen molar-refractivity contribution >= 4 is 107 Å². The Labute approximate surface area is 344 Å². The second-order valence-electron chi connectivity index (χ2n) is 12.3. The van der Waals surface area contributed by atoms with Gasteiger partial charge in [0.15, 0.2) is 23.3 Å². The fraction of sp³-hybridized carbons (Fsp3) is 0.0345. The number of imidazole rings is 4. The zero-order chi connectivity index (χ0) is 44.6. The number of aromatic amines is 4. The molecule has 26 nitrogen and oxygen atoms in total. The summed E-state index contributed by atoms with van der Waals surface area (Å²) in [5.41, 5.74) is 0.787. The van der Waals surface area contributed by atoms with Crippen molar-refractivity contribution < 1.29 is 77.8 Å². The number of aryl methyl sites for hydroxylation is 1. The van der Waals surface area contributed by atoms with Gasteiger partial charge < -0.3 is 37.4 Å². The molecule has 4 aromatic carbocycles. The van der Waals surface area contributed by atoms with Crippen molar-refractivity contribution in [3.05, 3.63) is 60.2 Å². The van der Waals surface area contributed by atoms with Crippen LogP contribution in [-0.2, 0) is 63.2 Å². The molecule has 322 valence electrons. The molecule has 0 aliphatic carbocycles. The predicted molar refractivity (Wildman–Crippen MR) is 205 cm³/mol. The predicted octanol–water partition coefficient (Wildman–Crippen LogP) is 1.85. The van der Waals surface area contributed by atoms with Crippen LogP contribution in [0.25, 0.3) is 67.4 Å². The third-order valence-electron chi connectivity index (χ3n) is 8.11. The number of H-pyrrole nitrogens is 4. The first-order chi connectivity index (χ1) is 28.2. The molecule has 32 heteroatoms. The van der Waals surface area contributed by atoms with Crippen LogP contribution < -0.4 is 8.37 Å². The molecule has 0 aliphatic heterocycles. The third-order valence-corrected chi connectivity index (χ3v) is 12.2. The lowest BCUT2D eigenvalue weighted by molar-refractivity contribution is 0.438. The number of fused-ring (bicyclic) bond motifs is 4. The second kappa shape index (κ2) is 15.3. The third kappa shape index (κ3) is 9.14. The van der Waals surface area contributed by atoms with Gasteiger partial charge in [-0.15, -0.1) is 0 Å². The number of hydrogen-bond donors (Lipinski definition) is 8. The fourth-order valence-corrected chi connectivity index (χ4v) is 8.98. The monoisotopic (exact) mass is 960 g/mol. The van der Waals surface area contributed by atoms with Gasteiger partial charge in [-0.1, -0.05) is 0 Å². The van der Waals surface area contributed by atoms with Crippen LogP contribution in [0.3, 0.4) is 0 Å². The Kier molecular flexibility index (Phi) is 10.9. The van der Waals surface area contributed by atoms with Crippen LogP contribution in [0.5, 0.6) is 11.5 Å². The van der Waals surface area contributed by atoms with E-state index in [1.165, 1.54) is 24.3 Å². The largest absolute Gasteiger partial charge is 0.740 e. The summed E-state index contributed by atoms with van der Waals surface area (Å²) in [6, 6.07) is 10.4. The lowest BCUT2D eigenvalue weighted by atomic mass is 10.2. The van der Waals surface area contributed by atoms with Crippen molar-refractivity contribution in [3.8, 4) is 34.8 Å². The number of rotatable bonds is 10. The quantitative estimate of drug-likeness (QED) is 0.0716. The van der Waals surface area contributed by atoms with Gasteiger partial charge in [-0.25, -0.2) is 28.4 Å². The van der Waals surface area contributed by atoms with Crippen molar-refractivity contribution in [3.63, 3.8) is 0 Å². The van der Waals surface area contributed by atoms with Gasteiger partial charge in [0.1, 0.15) is 65.5 Å². The molecule has 4 aromatic heterocycles. The van der Waals surface area contributed by atoms with Gasteiger partial charge in [0, 0.05) is 18.2 Å². The maximum absolute atomic E-state index is 11.7. The Bertz CT molecular complexity index is 3640. The van der Waals surface area contributed by atoms with Crippen LogP contribution in [0.2, 0.25) is 0 Å². The van der Waals surface area contributed by atoms with Gasteiger partial charge in [-0.2, -0.15) is 33.7 Å². The van der Waals surface area contributed by atoms with Crippen molar-refractivity contribution in [1.29, 1.82) is 0 Å². The minimum absolute atomic E-state index is 0.0158. The van der Waals surface area contributed by atoms with Gasteiger partial charge >= 0.3 is 0 Å². The minimum atomic E-state index is -4.89. The molecule has 61 heavy (non-hydrogen) atoms. The van der Waals surface area contributed by atoms with E-state index in [2.05, 4.69) is 48.2 Å². The molecule has 4 heterocycles. The van der Waals surface area contributed by atoms with Gasteiger partial charge in [-0.3, -0.25) is 18.2 Å². The summed E-state index contributed by atoms with van der Waals surface area (Å²) in [7, 11) is -19.1. The van der Waals surface area contributed by atoms with E-state index < -0.39 is 88.5 Å². The standard InChI is InChI=1S/C15H12N4O9S3.C14H10N4O9S3/c1-6-2-8-12(10(3-6)30(22,23)24)18-14(16-8)15-17-9-4-7(28-29(20)21)5-11(13(9)19-15)31(25,26)27;19-28(20)27-6-1-2-8-9(3-6)16-13(15-8)14-17-10-4-7(29(21,22)23)5-11(12(10)18-14)30(24,25)26/h2-5H,1H3,(H,16,18)(H,17,19)(H,20,21)(H,22,23,24)(H,25,26,27);1-5H,(H,15,16)(H,17,18)(H,19,20)(H,21,22,23)(H,24,25,26)/p-2. The van der Waals surface area contributed by atoms with Crippen LogP contribution in [0, 0.1) is 6.92 Å². The summed E-state index contributed by atoms with van der Waals surface area (Å²) >= 11 is -5.78. The molecule has 8 rings (SSSR count). The average Bonchev–Trinajstić information content (AvgIpc) is 3.92. The summed E-state index contributed by atoms with van der Waals surface area (Å²) < 4.78 is 183. The summed E-state index contributed by atoms with van der Waals surface area (Å²) in [5, 5.41) is 0. The molecule has 0 fully saturated rings. The van der Waals surface area contributed by atoms with Gasteiger partial charge in [0.25, 0.3) is 40.5 Å². The van der Waals surface area contributed by atoms with Crippen LogP contribution >= 0.6 is 0 Å². The molecule has 8 aromatic rings. The second-order valence-corrected chi connectivity index (χ2v) is 19.0. The highest BCUT2D eigenvalue weighted by molar-refractivity contribution is 7.87. The number of hydrogen-bond acceptors (Lipinski definition) is 18. The van der Waals surface area contributed by atoms with Crippen molar-refractivity contribution in [1.82, 2.24) is 39.9 Å². The van der Waals surface area contributed by atoms with Crippen molar-refractivity contribution in [2.75, 3.05) is 0 Å². The van der Waals surface area contributed by atoms with E-state index in [0.717, 1.165) is 18.2 Å². The first kappa shape index (κ1) is 43.3. The average molecular weight is 961 g/mol. The van der Waals surface area contributed by atoms with E-state index >= 15 is 0 Å². The molecule has 0 bridgehead atoms. The molecule has 0 aliphatic rings. The molecular weight excluding hydrogens is 941 g/mol. The minimum Gasteiger partial charge on any atom is -0.740 e. The molecule has 0 saturated carbocycles. The zero-order valence-corrected chi connectivity index (χ0v) is 34.3. The normalized spacial score (nSPS) is 13.7. The van der Waals surface area contributed by atoms with E-state index in [0.29, 0.717) is 22.7 Å². The number of benzene rings is 4. The Balaban J connectivity index is 0.000000184. The lowest BCUT2D eigenvalue weighted by Gasteiger charge is -2.08. The molecule has 0 radical (unpaired) electrons. The maximum Gasteiger partial charge on any atom is 0.296 e. The van der Waals surface area contributed by atoms with E-state index in [1.54, 1.807) is 13.0 Å².